The van der Waals surface area contributed by atoms with E-state index in [1.165, 1.54) is 12.3 Å². The van der Waals surface area contributed by atoms with E-state index in [2.05, 4.69) is 9.83 Å². The van der Waals surface area contributed by atoms with E-state index in [1.807, 2.05) is 0 Å². The average molecular weight is 171 g/mol. The van der Waals surface area contributed by atoms with Crippen LogP contribution in [0.5, 0.6) is 0 Å². The van der Waals surface area contributed by atoms with Crippen LogP contribution < -0.4 is 0 Å². The molecule has 56 valence electrons. The molecule has 1 aromatic heterocycles. The summed E-state index contributed by atoms with van der Waals surface area (Å²) in [5.74, 6) is -0.620. The lowest BCUT2D eigenvalue weighted by atomic mass is 10.3. The van der Waals surface area contributed by atoms with Gasteiger partial charge in [-0.15, -0.1) is 0 Å². The third kappa shape index (κ3) is 1.89. The summed E-state index contributed by atoms with van der Waals surface area (Å²) in [5, 5.41) is 0.352. The van der Waals surface area contributed by atoms with Crippen molar-refractivity contribution in [1.82, 2.24) is 4.98 Å². The standard InChI is InChI=1S/C7H4ClFN2/c1-10-3-5-2-6(8)4-11-7(5)9/h2,4H,3H2. The van der Waals surface area contributed by atoms with Crippen molar-refractivity contribution in [3.63, 3.8) is 0 Å². The fourth-order valence-electron chi connectivity index (χ4n) is 0.661. The molecule has 0 fully saturated rings. The molecule has 0 radical (unpaired) electrons. The molecule has 2 nitrogen and oxygen atoms in total. The van der Waals surface area contributed by atoms with Crippen LogP contribution in [0.1, 0.15) is 5.56 Å². The zero-order valence-electron chi connectivity index (χ0n) is 5.51. The Morgan fingerprint density at radius 1 is 1.73 bits per heavy atom. The van der Waals surface area contributed by atoms with Crippen molar-refractivity contribution in [2.75, 3.05) is 0 Å². The van der Waals surface area contributed by atoms with Crippen LogP contribution in [0.4, 0.5) is 4.39 Å². The van der Waals surface area contributed by atoms with Crippen LogP contribution in [0.2, 0.25) is 5.02 Å². The molecule has 0 aromatic carbocycles. The highest BCUT2D eigenvalue weighted by Gasteiger charge is 2.05. The Hall–Kier alpha value is -1.14. The molecule has 4 heteroatoms. The highest BCUT2D eigenvalue weighted by atomic mass is 35.5. The van der Waals surface area contributed by atoms with Gasteiger partial charge in [-0.2, -0.15) is 4.39 Å². The molecule has 0 spiro atoms. The lowest BCUT2D eigenvalue weighted by Gasteiger charge is -1.93. The van der Waals surface area contributed by atoms with E-state index in [9.17, 15) is 4.39 Å². The van der Waals surface area contributed by atoms with Crippen molar-refractivity contribution >= 4 is 11.6 Å². The molecule has 0 atom stereocenters. The van der Waals surface area contributed by atoms with E-state index in [0.29, 0.717) is 5.02 Å². The van der Waals surface area contributed by atoms with Gasteiger partial charge in [0.05, 0.1) is 10.6 Å². The molecule has 0 N–H and O–H groups in total. The summed E-state index contributed by atoms with van der Waals surface area (Å²) >= 11 is 5.52. The van der Waals surface area contributed by atoms with Gasteiger partial charge in [-0.05, 0) is 6.07 Å². The normalized spacial score (nSPS) is 9.18. The maximum absolute atomic E-state index is 12.6. The van der Waals surface area contributed by atoms with Crippen LogP contribution >= 0.6 is 11.6 Å². The Morgan fingerprint density at radius 2 is 2.45 bits per heavy atom. The number of pyridine rings is 1. The maximum atomic E-state index is 12.6. The average Bonchev–Trinajstić information content (AvgIpc) is 1.98. The minimum atomic E-state index is -0.620. The third-order valence-corrected chi connectivity index (χ3v) is 1.33. The molecular weight excluding hydrogens is 167 g/mol. The minimum absolute atomic E-state index is 0.0145. The number of hydrogen-bond donors (Lipinski definition) is 0. The van der Waals surface area contributed by atoms with Crippen LogP contribution in [0, 0.1) is 12.5 Å². The third-order valence-electron chi connectivity index (χ3n) is 1.13. The number of aromatic nitrogens is 1. The monoisotopic (exact) mass is 170 g/mol. The highest BCUT2D eigenvalue weighted by Crippen LogP contribution is 2.12. The second kappa shape index (κ2) is 3.31. The van der Waals surface area contributed by atoms with Gasteiger partial charge in [0.15, 0.2) is 0 Å². The molecule has 0 aliphatic carbocycles. The van der Waals surface area contributed by atoms with E-state index in [-0.39, 0.29) is 12.1 Å². The van der Waals surface area contributed by atoms with Crippen LogP contribution in [0.25, 0.3) is 4.85 Å². The van der Waals surface area contributed by atoms with E-state index >= 15 is 0 Å². The zero-order chi connectivity index (χ0) is 8.27. The molecule has 1 rings (SSSR count). The number of halogens is 2. The first kappa shape index (κ1) is 7.96. The summed E-state index contributed by atoms with van der Waals surface area (Å²) in [7, 11) is 0. The Bertz CT molecular complexity index is 306. The summed E-state index contributed by atoms with van der Waals surface area (Å²) in [6.45, 7) is 6.48. The topological polar surface area (TPSA) is 17.2 Å². The van der Waals surface area contributed by atoms with Crippen molar-refractivity contribution in [3.05, 3.63) is 40.2 Å². The van der Waals surface area contributed by atoms with Gasteiger partial charge in [0.25, 0.3) is 0 Å². The molecule has 0 saturated heterocycles. The number of rotatable bonds is 1. The molecule has 0 bridgehead atoms. The fraction of sp³-hybridized carbons (Fsp3) is 0.143. The summed E-state index contributed by atoms with van der Waals surface area (Å²) in [6.07, 6.45) is 1.21. The lowest BCUT2D eigenvalue weighted by molar-refractivity contribution is 0.571. The molecule has 0 amide bonds. The van der Waals surface area contributed by atoms with Gasteiger partial charge in [-0.25, -0.2) is 11.6 Å². The molecule has 0 saturated carbocycles. The molecule has 0 unspecified atom stereocenters. The molecule has 11 heavy (non-hydrogen) atoms. The predicted octanol–water partition coefficient (Wildman–Crippen LogP) is 2.29. The first-order chi connectivity index (χ1) is 5.24. The Balaban J connectivity index is 3.05. The second-order valence-corrected chi connectivity index (χ2v) is 2.36. The quantitative estimate of drug-likeness (QED) is 0.467. The van der Waals surface area contributed by atoms with Crippen LogP contribution in [-0.4, -0.2) is 4.98 Å². The van der Waals surface area contributed by atoms with Gasteiger partial charge in [0.2, 0.25) is 12.5 Å². The van der Waals surface area contributed by atoms with Gasteiger partial charge in [0, 0.05) is 6.20 Å². The predicted molar refractivity (Wildman–Crippen MR) is 39.5 cm³/mol. The second-order valence-electron chi connectivity index (χ2n) is 1.92. The largest absolute Gasteiger partial charge is 0.312 e. The highest BCUT2D eigenvalue weighted by molar-refractivity contribution is 6.30. The summed E-state index contributed by atoms with van der Waals surface area (Å²) in [5.41, 5.74) is 0.243. The van der Waals surface area contributed by atoms with Gasteiger partial charge < -0.3 is 4.85 Å². The van der Waals surface area contributed by atoms with E-state index in [1.54, 1.807) is 0 Å². The Morgan fingerprint density at radius 3 is 3.09 bits per heavy atom. The van der Waals surface area contributed by atoms with E-state index in [4.69, 9.17) is 18.2 Å². The molecule has 0 aliphatic heterocycles. The summed E-state index contributed by atoms with van der Waals surface area (Å²) in [4.78, 5) is 6.37. The van der Waals surface area contributed by atoms with Crippen molar-refractivity contribution < 1.29 is 4.39 Å². The number of hydrogen-bond acceptors (Lipinski definition) is 1. The van der Waals surface area contributed by atoms with Gasteiger partial charge in [-0.1, -0.05) is 11.6 Å². The first-order valence-electron chi connectivity index (χ1n) is 2.87. The van der Waals surface area contributed by atoms with Crippen LogP contribution in [0.15, 0.2) is 12.3 Å². The minimum Gasteiger partial charge on any atom is -0.312 e. The summed E-state index contributed by atoms with van der Waals surface area (Å²) < 4.78 is 12.6. The SMILES string of the molecule is [C-]#[N+]Cc1cc(Cl)cnc1F. The molecule has 0 aliphatic rings. The first-order valence-corrected chi connectivity index (χ1v) is 3.25. The number of nitrogens with zero attached hydrogens (tertiary/aromatic N) is 2. The molecule has 1 heterocycles. The van der Waals surface area contributed by atoms with Crippen molar-refractivity contribution in [2.45, 2.75) is 6.54 Å². The van der Waals surface area contributed by atoms with Gasteiger partial charge >= 0.3 is 0 Å². The van der Waals surface area contributed by atoms with Gasteiger partial charge in [-0.3, -0.25) is 0 Å². The zero-order valence-corrected chi connectivity index (χ0v) is 6.27. The maximum Gasteiger partial charge on any atom is 0.244 e. The van der Waals surface area contributed by atoms with E-state index < -0.39 is 5.95 Å². The van der Waals surface area contributed by atoms with Crippen LogP contribution in [0.3, 0.4) is 0 Å². The summed E-state index contributed by atoms with van der Waals surface area (Å²) in [6, 6.07) is 1.40. The van der Waals surface area contributed by atoms with Crippen LogP contribution in [-0.2, 0) is 6.54 Å². The smallest absolute Gasteiger partial charge is 0.244 e. The Kier molecular flexibility index (Phi) is 2.40. The van der Waals surface area contributed by atoms with Crippen molar-refractivity contribution in [1.29, 1.82) is 0 Å². The van der Waals surface area contributed by atoms with Crippen molar-refractivity contribution in [3.8, 4) is 0 Å². The molecular formula is C7H4ClFN2. The molecule has 1 aromatic rings. The fourth-order valence-corrected chi connectivity index (χ4v) is 0.841. The lowest BCUT2D eigenvalue weighted by Crippen LogP contribution is -1.90. The van der Waals surface area contributed by atoms with E-state index in [0.717, 1.165) is 0 Å². The van der Waals surface area contributed by atoms with Crippen molar-refractivity contribution in [2.24, 2.45) is 0 Å². The Labute approximate surface area is 68.5 Å². The van der Waals surface area contributed by atoms with Gasteiger partial charge in [0.1, 0.15) is 0 Å².